The fourth-order valence-corrected chi connectivity index (χ4v) is 2.04. The van der Waals surface area contributed by atoms with Crippen LogP contribution in [0.5, 0.6) is 0 Å². The first-order valence-electron chi connectivity index (χ1n) is 7.04. The van der Waals surface area contributed by atoms with Crippen LogP contribution in [0.2, 0.25) is 0 Å². The monoisotopic (exact) mass is 292 g/mol. The summed E-state index contributed by atoms with van der Waals surface area (Å²) >= 11 is 6.15. The molecule has 1 heterocycles. The minimum atomic E-state index is 0.139. The van der Waals surface area contributed by atoms with E-state index in [1.54, 1.807) is 0 Å². The lowest BCUT2D eigenvalue weighted by Crippen LogP contribution is -2.37. The van der Waals surface area contributed by atoms with Gasteiger partial charge in [-0.15, -0.1) is 0 Å². The van der Waals surface area contributed by atoms with E-state index in [0.717, 1.165) is 35.0 Å². The Balaban J connectivity index is 2.83. The van der Waals surface area contributed by atoms with Gasteiger partial charge in [0.1, 0.15) is 0 Å². The van der Waals surface area contributed by atoms with Crippen molar-refractivity contribution in [2.45, 2.75) is 46.6 Å². The van der Waals surface area contributed by atoms with Crippen LogP contribution >= 0.6 is 11.6 Å². The van der Waals surface area contributed by atoms with E-state index in [1.165, 1.54) is 0 Å². The highest BCUT2D eigenvalue weighted by Crippen LogP contribution is 2.21. The van der Waals surface area contributed by atoms with Gasteiger partial charge in [0.15, 0.2) is 0 Å². The van der Waals surface area contributed by atoms with E-state index in [0.29, 0.717) is 0 Å². The molecule has 110 valence electrons. The van der Waals surface area contributed by atoms with Crippen molar-refractivity contribution >= 4 is 17.2 Å². The zero-order valence-electron chi connectivity index (χ0n) is 13.1. The van der Waals surface area contributed by atoms with Gasteiger partial charge in [0, 0.05) is 34.8 Å². The van der Waals surface area contributed by atoms with Gasteiger partial charge < -0.3 is 5.32 Å². The molecule has 0 aliphatic carbocycles. The van der Waals surface area contributed by atoms with Crippen LogP contribution in [0.15, 0.2) is 35.4 Å². The maximum Gasteiger partial charge on any atom is 0.0716 e. The first-order chi connectivity index (χ1) is 9.33. The van der Waals surface area contributed by atoms with Crippen molar-refractivity contribution in [1.82, 2.24) is 10.3 Å². The summed E-state index contributed by atoms with van der Waals surface area (Å²) in [5, 5.41) is 4.24. The second kappa shape index (κ2) is 7.61. The van der Waals surface area contributed by atoms with Crippen LogP contribution in [0.1, 0.15) is 46.0 Å². The molecular weight excluding hydrogens is 268 g/mol. The largest absolute Gasteiger partial charge is 0.312 e. The Hall–Kier alpha value is -1.12. The topological polar surface area (TPSA) is 24.9 Å². The number of aromatic nitrogens is 1. The van der Waals surface area contributed by atoms with Crippen LogP contribution in [-0.2, 0) is 6.42 Å². The van der Waals surface area contributed by atoms with E-state index in [1.807, 2.05) is 38.1 Å². The number of halogens is 1. The molecule has 1 N–H and O–H groups in total. The van der Waals surface area contributed by atoms with Crippen molar-refractivity contribution in [2.75, 3.05) is 6.54 Å². The Morgan fingerprint density at radius 3 is 2.60 bits per heavy atom. The second-order valence-corrected chi connectivity index (χ2v) is 6.46. The predicted octanol–water partition coefficient (Wildman–Crippen LogP) is 4.56. The molecule has 0 saturated heterocycles. The molecule has 1 rings (SSSR count). The molecule has 0 spiro atoms. The van der Waals surface area contributed by atoms with Crippen LogP contribution < -0.4 is 5.32 Å². The summed E-state index contributed by atoms with van der Waals surface area (Å²) in [5.41, 5.74) is 3.14. The lowest BCUT2D eigenvalue weighted by Gasteiger charge is -2.20. The number of allylic oxidation sites excluding steroid dienone is 4. The van der Waals surface area contributed by atoms with E-state index in [-0.39, 0.29) is 5.54 Å². The number of pyridine rings is 1. The van der Waals surface area contributed by atoms with Gasteiger partial charge in [-0.05, 0) is 46.8 Å². The molecule has 0 aromatic carbocycles. The van der Waals surface area contributed by atoms with Crippen LogP contribution in [0.25, 0.3) is 5.57 Å². The molecule has 0 unspecified atom stereocenters. The molecule has 0 fully saturated rings. The Morgan fingerprint density at radius 1 is 1.35 bits per heavy atom. The van der Waals surface area contributed by atoms with E-state index in [2.05, 4.69) is 32.2 Å². The smallest absolute Gasteiger partial charge is 0.0716 e. The molecule has 3 heteroatoms. The van der Waals surface area contributed by atoms with Crippen LogP contribution in [0, 0.1) is 0 Å². The number of rotatable bonds is 5. The summed E-state index contributed by atoms with van der Waals surface area (Å²) in [4.78, 5) is 4.70. The molecule has 0 amide bonds. The number of nitrogens with zero attached hydrogens (tertiary/aromatic N) is 1. The van der Waals surface area contributed by atoms with E-state index in [4.69, 9.17) is 16.6 Å². The van der Waals surface area contributed by atoms with Gasteiger partial charge in [-0.3, -0.25) is 4.98 Å². The lowest BCUT2D eigenvalue weighted by molar-refractivity contribution is 0.428. The number of hydrogen-bond acceptors (Lipinski definition) is 2. The third-order valence-corrected chi connectivity index (χ3v) is 3.03. The quantitative estimate of drug-likeness (QED) is 0.805. The van der Waals surface area contributed by atoms with Crippen LogP contribution in [0.4, 0.5) is 0 Å². The number of hydrogen-bond donors (Lipinski definition) is 1. The minimum absolute atomic E-state index is 0.139. The summed E-state index contributed by atoms with van der Waals surface area (Å²) in [6.45, 7) is 11.3. The summed E-state index contributed by atoms with van der Waals surface area (Å²) in [6.07, 6.45) is 4.90. The number of nitrogens with one attached hydrogen (secondary N) is 1. The molecular formula is C17H25ClN2. The summed E-state index contributed by atoms with van der Waals surface area (Å²) in [5.74, 6) is 0. The van der Waals surface area contributed by atoms with Crippen molar-refractivity contribution < 1.29 is 0 Å². The SMILES string of the molecule is C/C=C\C(=C(/C)Cl)c1cccc(CCNC(C)(C)C)n1. The summed E-state index contributed by atoms with van der Waals surface area (Å²) < 4.78 is 0. The predicted molar refractivity (Wildman–Crippen MR) is 89.0 cm³/mol. The summed E-state index contributed by atoms with van der Waals surface area (Å²) in [7, 11) is 0. The maximum atomic E-state index is 6.15. The molecule has 0 aliphatic heterocycles. The Labute approximate surface area is 128 Å². The first-order valence-corrected chi connectivity index (χ1v) is 7.41. The first kappa shape index (κ1) is 16.9. The van der Waals surface area contributed by atoms with Gasteiger partial charge in [0.25, 0.3) is 0 Å². The van der Waals surface area contributed by atoms with E-state index >= 15 is 0 Å². The maximum absolute atomic E-state index is 6.15. The van der Waals surface area contributed by atoms with Gasteiger partial charge in [0.05, 0.1) is 5.69 Å². The molecule has 1 aromatic rings. The van der Waals surface area contributed by atoms with Gasteiger partial charge in [-0.25, -0.2) is 0 Å². The highest BCUT2D eigenvalue weighted by Gasteiger charge is 2.09. The molecule has 0 aliphatic rings. The highest BCUT2D eigenvalue weighted by atomic mass is 35.5. The van der Waals surface area contributed by atoms with Crippen molar-refractivity contribution in [3.63, 3.8) is 0 Å². The fourth-order valence-electron chi connectivity index (χ4n) is 1.88. The Morgan fingerprint density at radius 2 is 2.05 bits per heavy atom. The van der Waals surface area contributed by atoms with Gasteiger partial charge in [0.2, 0.25) is 0 Å². The van der Waals surface area contributed by atoms with E-state index in [9.17, 15) is 0 Å². The van der Waals surface area contributed by atoms with Gasteiger partial charge in [-0.2, -0.15) is 0 Å². The van der Waals surface area contributed by atoms with Crippen molar-refractivity contribution in [1.29, 1.82) is 0 Å². The zero-order chi connectivity index (χ0) is 15.2. The normalized spacial score (nSPS) is 13.7. The van der Waals surface area contributed by atoms with Crippen molar-refractivity contribution in [3.05, 3.63) is 46.8 Å². The molecule has 0 saturated carbocycles. The third kappa shape index (κ3) is 5.89. The summed E-state index contributed by atoms with van der Waals surface area (Å²) in [6, 6.07) is 6.10. The second-order valence-electron chi connectivity index (χ2n) is 5.89. The molecule has 0 radical (unpaired) electrons. The van der Waals surface area contributed by atoms with Gasteiger partial charge >= 0.3 is 0 Å². The fraction of sp³-hybridized carbons (Fsp3) is 0.471. The molecule has 0 atom stereocenters. The Kier molecular flexibility index (Phi) is 6.44. The third-order valence-electron chi connectivity index (χ3n) is 2.82. The van der Waals surface area contributed by atoms with E-state index < -0.39 is 0 Å². The Bertz CT molecular complexity index is 492. The molecule has 0 bridgehead atoms. The van der Waals surface area contributed by atoms with Crippen molar-refractivity contribution in [3.8, 4) is 0 Å². The minimum Gasteiger partial charge on any atom is -0.312 e. The average Bonchev–Trinajstić information content (AvgIpc) is 2.34. The highest BCUT2D eigenvalue weighted by molar-refractivity contribution is 6.32. The molecule has 1 aromatic heterocycles. The zero-order valence-corrected chi connectivity index (χ0v) is 13.9. The van der Waals surface area contributed by atoms with Crippen LogP contribution in [0.3, 0.4) is 0 Å². The average molecular weight is 293 g/mol. The molecule has 20 heavy (non-hydrogen) atoms. The van der Waals surface area contributed by atoms with Gasteiger partial charge in [-0.1, -0.05) is 29.8 Å². The van der Waals surface area contributed by atoms with Crippen molar-refractivity contribution in [2.24, 2.45) is 0 Å². The standard InChI is InChI=1S/C17H25ClN2/c1-6-8-15(13(2)18)16-10-7-9-14(20-16)11-12-19-17(3,4)5/h6-10,19H,11-12H2,1-5H3/b8-6-,15-13-. The van der Waals surface area contributed by atoms with Crippen LogP contribution in [-0.4, -0.2) is 17.1 Å². The molecule has 2 nitrogen and oxygen atoms in total. The lowest BCUT2D eigenvalue weighted by atomic mass is 10.1.